The van der Waals surface area contributed by atoms with E-state index in [9.17, 15) is 14.0 Å². The van der Waals surface area contributed by atoms with Gasteiger partial charge < -0.3 is 10.1 Å². The van der Waals surface area contributed by atoms with E-state index in [1.54, 1.807) is 42.9 Å². The lowest BCUT2D eigenvalue weighted by Gasteiger charge is -2.09. The minimum Gasteiger partial charge on any atom is -0.434 e. The van der Waals surface area contributed by atoms with Gasteiger partial charge in [-0.25, -0.2) is 19.0 Å². The lowest BCUT2D eigenvalue weighted by molar-refractivity contribution is 0.102. The predicted octanol–water partition coefficient (Wildman–Crippen LogP) is 4.67. The Labute approximate surface area is 196 Å². The van der Waals surface area contributed by atoms with Crippen molar-refractivity contribution in [2.45, 2.75) is 6.92 Å². The Hall–Kier alpha value is -4.31. The molecule has 3 heterocycles. The van der Waals surface area contributed by atoms with Crippen LogP contribution in [-0.4, -0.2) is 25.2 Å². The molecule has 5 aromatic rings. The molecule has 1 amide bonds. The highest BCUT2D eigenvalue weighted by atomic mass is 32.1. The molecule has 1 N–H and O–H groups in total. The summed E-state index contributed by atoms with van der Waals surface area (Å²) in [5.41, 5.74) is 1.53. The van der Waals surface area contributed by atoms with Crippen molar-refractivity contribution in [1.29, 1.82) is 0 Å². The molecular formula is C24H18FN5O3S. The monoisotopic (exact) mass is 475 g/mol. The lowest BCUT2D eigenvalue weighted by Crippen LogP contribution is -2.25. The highest BCUT2D eigenvalue weighted by molar-refractivity contribution is 7.17. The molecule has 2 aromatic carbocycles. The summed E-state index contributed by atoms with van der Waals surface area (Å²) in [6.07, 6.45) is 1.35. The van der Waals surface area contributed by atoms with Crippen LogP contribution in [0.3, 0.4) is 0 Å². The van der Waals surface area contributed by atoms with E-state index in [0.717, 1.165) is 6.07 Å². The molecule has 3 aromatic heterocycles. The summed E-state index contributed by atoms with van der Waals surface area (Å²) in [6.45, 7) is 1.68. The maximum absolute atomic E-state index is 14.8. The van der Waals surface area contributed by atoms with Crippen molar-refractivity contribution in [1.82, 2.24) is 19.3 Å². The minimum atomic E-state index is -0.687. The molecule has 0 spiro atoms. The van der Waals surface area contributed by atoms with Crippen LogP contribution >= 0.6 is 11.3 Å². The molecule has 8 nitrogen and oxygen atoms in total. The van der Waals surface area contributed by atoms with Gasteiger partial charge in [-0.15, -0.1) is 11.3 Å². The SMILES string of the molecule is Cc1c(C(=O)Nc2ccc(Oc3ncnc4ccsc34)c(F)c2)c(=O)n(-c2ccccc2)n1C. The number of nitrogens with one attached hydrogen (secondary N) is 1. The second-order valence-electron chi connectivity index (χ2n) is 7.45. The van der Waals surface area contributed by atoms with Crippen molar-refractivity contribution >= 4 is 33.1 Å². The first-order valence-electron chi connectivity index (χ1n) is 10.2. The van der Waals surface area contributed by atoms with E-state index in [2.05, 4.69) is 15.3 Å². The van der Waals surface area contributed by atoms with Gasteiger partial charge in [0.2, 0.25) is 5.88 Å². The molecule has 34 heavy (non-hydrogen) atoms. The van der Waals surface area contributed by atoms with Crippen LogP contribution in [0.5, 0.6) is 11.6 Å². The van der Waals surface area contributed by atoms with Gasteiger partial charge in [-0.3, -0.25) is 14.3 Å². The number of amides is 1. The largest absolute Gasteiger partial charge is 0.434 e. The first-order chi connectivity index (χ1) is 16.4. The fourth-order valence-corrected chi connectivity index (χ4v) is 4.40. The topological polar surface area (TPSA) is 91.0 Å². The van der Waals surface area contributed by atoms with E-state index in [4.69, 9.17) is 4.74 Å². The molecule has 0 unspecified atom stereocenters. The van der Waals surface area contributed by atoms with E-state index >= 15 is 0 Å². The van der Waals surface area contributed by atoms with Crippen molar-refractivity contribution in [2.75, 3.05) is 5.32 Å². The Morgan fingerprint density at radius 1 is 1.12 bits per heavy atom. The summed E-state index contributed by atoms with van der Waals surface area (Å²) < 4.78 is 24.1. The highest BCUT2D eigenvalue weighted by Crippen LogP contribution is 2.32. The van der Waals surface area contributed by atoms with E-state index in [1.165, 1.54) is 34.5 Å². The average Bonchev–Trinajstić information content (AvgIpc) is 3.39. The fraction of sp³-hybridized carbons (Fsp3) is 0.0833. The van der Waals surface area contributed by atoms with Gasteiger partial charge in [0.25, 0.3) is 11.5 Å². The molecular weight excluding hydrogens is 457 g/mol. The van der Waals surface area contributed by atoms with Gasteiger partial charge in [-0.05, 0) is 42.6 Å². The third-order valence-electron chi connectivity index (χ3n) is 5.39. The molecule has 0 atom stereocenters. The number of carbonyl (C=O) groups is 1. The van der Waals surface area contributed by atoms with Crippen molar-refractivity contribution < 1.29 is 13.9 Å². The average molecular weight is 476 g/mol. The van der Waals surface area contributed by atoms with Gasteiger partial charge in [-0.2, -0.15) is 0 Å². The Balaban J connectivity index is 1.40. The van der Waals surface area contributed by atoms with Crippen LogP contribution < -0.4 is 15.6 Å². The number of carbonyl (C=O) groups excluding carboxylic acids is 1. The zero-order chi connectivity index (χ0) is 23.8. The normalized spacial score (nSPS) is 11.0. The number of rotatable bonds is 5. The first kappa shape index (κ1) is 21.5. The summed E-state index contributed by atoms with van der Waals surface area (Å²) in [5, 5.41) is 4.45. The number of benzene rings is 2. The quantitative estimate of drug-likeness (QED) is 0.399. The smallest absolute Gasteiger partial charge is 0.284 e. The molecule has 0 aliphatic heterocycles. The van der Waals surface area contributed by atoms with Crippen LogP contribution in [0.2, 0.25) is 0 Å². The Morgan fingerprint density at radius 2 is 1.91 bits per heavy atom. The number of ether oxygens (including phenoxy) is 1. The second-order valence-corrected chi connectivity index (χ2v) is 8.37. The van der Waals surface area contributed by atoms with E-state index in [-0.39, 0.29) is 22.9 Å². The van der Waals surface area contributed by atoms with Gasteiger partial charge in [0.05, 0.1) is 16.9 Å². The van der Waals surface area contributed by atoms with E-state index < -0.39 is 17.3 Å². The van der Waals surface area contributed by atoms with Crippen molar-refractivity contribution in [3.05, 3.63) is 93.7 Å². The van der Waals surface area contributed by atoms with Crippen LogP contribution in [0.25, 0.3) is 15.9 Å². The van der Waals surface area contributed by atoms with Crippen molar-refractivity contribution in [3.8, 4) is 17.3 Å². The van der Waals surface area contributed by atoms with Crippen LogP contribution in [0, 0.1) is 12.7 Å². The molecule has 0 saturated carbocycles. The third-order valence-corrected chi connectivity index (χ3v) is 6.28. The number of anilines is 1. The summed E-state index contributed by atoms with van der Waals surface area (Å²) in [6, 6.07) is 14.9. The van der Waals surface area contributed by atoms with Gasteiger partial charge in [0.15, 0.2) is 11.6 Å². The van der Waals surface area contributed by atoms with Crippen molar-refractivity contribution in [2.24, 2.45) is 7.05 Å². The number of fused-ring (bicyclic) bond motifs is 1. The summed E-state index contributed by atoms with van der Waals surface area (Å²) in [4.78, 5) is 34.2. The number of hydrogen-bond donors (Lipinski definition) is 1. The Morgan fingerprint density at radius 3 is 2.68 bits per heavy atom. The Bertz CT molecular complexity index is 1590. The first-order valence-corrected chi connectivity index (χ1v) is 11.1. The molecule has 0 fully saturated rings. The maximum atomic E-state index is 14.8. The van der Waals surface area contributed by atoms with Gasteiger partial charge >= 0.3 is 0 Å². The van der Waals surface area contributed by atoms with Crippen LogP contribution in [0.15, 0.2) is 71.1 Å². The molecule has 0 aliphatic carbocycles. The fourth-order valence-electron chi connectivity index (χ4n) is 3.63. The summed E-state index contributed by atoms with van der Waals surface area (Å²) >= 11 is 1.39. The standard InChI is InChI=1S/C24H18FN5O3S/c1-14-20(24(32)30(29(14)2)16-6-4-3-5-7-16)22(31)28-15-8-9-19(17(25)12-15)33-23-21-18(10-11-34-21)26-13-27-23/h3-13H,1-2H3,(H,28,31). The van der Waals surface area contributed by atoms with Gasteiger partial charge in [0.1, 0.15) is 16.6 Å². The van der Waals surface area contributed by atoms with E-state index in [1.807, 2.05) is 17.5 Å². The van der Waals surface area contributed by atoms with Crippen LogP contribution in [-0.2, 0) is 7.05 Å². The zero-order valence-corrected chi connectivity index (χ0v) is 19.0. The number of nitrogens with zero attached hydrogens (tertiary/aromatic N) is 4. The summed E-state index contributed by atoms with van der Waals surface area (Å²) in [5.74, 6) is -1.12. The minimum absolute atomic E-state index is 0.0202. The molecule has 170 valence electrons. The number of thiophene rings is 1. The number of hydrogen-bond acceptors (Lipinski definition) is 6. The number of para-hydroxylation sites is 1. The molecule has 0 saturated heterocycles. The summed E-state index contributed by atoms with van der Waals surface area (Å²) in [7, 11) is 1.70. The van der Waals surface area contributed by atoms with Gasteiger partial charge in [0, 0.05) is 18.8 Å². The van der Waals surface area contributed by atoms with Crippen LogP contribution in [0.4, 0.5) is 10.1 Å². The third kappa shape index (κ3) is 3.73. The van der Waals surface area contributed by atoms with Crippen molar-refractivity contribution in [3.63, 3.8) is 0 Å². The van der Waals surface area contributed by atoms with E-state index in [0.29, 0.717) is 21.6 Å². The number of aromatic nitrogens is 4. The molecule has 0 bridgehead atoms. The lowest BCUT2D eigenvalue weighted by atomic mass is 10.2. The number of halogens is 1. The highest BCUT2D eigenvalue weighted by Gasteiger charge is 2.22. The molecule has 10 heteroatoms. The molecule has 5 rings (SSSR count). The van der Waals surface area contributed by atoms with Gasteiger partial charge in [-0.1, -0.05) is 18.2 Å². The predicted molar refractivity (Wildman–Crippen MR) is 128 cm³/mol. The molecule has 0 aliphatic rings. The van der Waals surface area contributed by atoms with Crippen LogP contribution in [0.1, 0.15) is 16.1 Å². The molecule has 0 radical (unpaired) electrons. The maximum Gasteiger partial charge on any atom is 0.284 e. The zero-order valence-electron chi connectivity index (χ0n) is 18.2. The second kappa shape index (κ2) is 8.56. The Kier molecular flexibility index (Phi) is 5.42.